The van der Waals surface area contributed by atoms with Crippen LogP contribution in [0.2, 0.25) is 0 Å². The lowest BCUT2D eigenvalue weighted by Gasteiger charge is -2.70. The summed E-state index contributed by atoms with van der Waals surface area (Å²) in [5.41, 5.74) is 1.01. The molecule has 0 saturated heterocycles. The number of aliphatic imine (C=N–C) groups is 1. The fourth-order valence-electron chi connectivity index (χ4n) is 13.4. The highest BCUT2D eigenvalue weighted by molar-refractivity contribution is 6.06. The van der Waals surface area contributed by atoms with Gasteiger partial charge in [0.05, 0.1) is 22.0 Å². The number of Topliss-reactive ketones (excluding diaryl/α,β-unsaturated/α-hetero) is 1. The monoisotopic (exact) mass is 864 g/mol. The largest absolute Gasteiger partial charge is 0.461 e. The van der Waals surface area contributed by atoms with Gasteiger partial charge in [0.15, 0.2) is 0 Å². The summed E-state index contributed by atoms with van der Waals surface area (Å²) in [5, 5.41) is 3.02. The van der Waals surface area contributed by atoms with Gasteiger partial charge in [-0.05, 0) is 156 Å². The van der Waals surface area contributed by atoms with E-state index in [0.717, 1.165) is 76.3 Å². The summed E-state index contributed by atoms with van der Waals surface area (Å²) < 4.78 is 18.0. The number of ether oxygens (including phenoxy) is 3. The number of fused-ring (bicyclic) bond motifs is 7. The summed E-state index contributed by atoms with van der Waals surface area (Å²) in [6.07, 6.45) is 11.8. The maximum Gasteiger partial charge on any atom is 0.346 e. The molecule has 5 aliphatic rings. The van der Waals surface area contributed by atoms with E-state index in [4.69, 9.17) is 14.2 Å². The van der Waals surface area contributed by atoms with Gasteiger partial charge in [-0.25, -0.2) is 14.6 Å². The zero-order valence-corrected chi connectivity index (χ0v) is 39.6. The number of carbonyl (C=O) groups is 4. The number of ketones is 1. The maximum atomic E-state index is 14.5. The molecule has 0 aromatic heterocycles. The van der Waals surface area contributed by atoms with E-state index in [-0.39, 0.29) is 69.0 Å². The van der Waals surface area contributed by atoms with Crippen LogP contribution in [0.1, 0.15) is 145 Å². The second kappa shape index (κ2) is 17.9. The molecule has 10 nitrogen and oxygen atoms in total. The van der Waals surface area contributed by atoms with Crippen molar-refractivity contribution < 1.29 is 33.4 Å². The molecule has 0 unspecified atom stereocenters. The van der Waals surface area contributed by atoms with Crippen LogP contribution in [0, 0.1) is 50.2 Å². The predicted octanol–water partition coefficient (Wildman–Crippen LogP) is 10.0. The van der Waals surface area contributed by atoms with Gasteiger partial charge in [0, 0.05) is 19.5 Å². The van der Waals surface area contributed by atoms with Gasteiger partial charge in [-0.3, -0.25) is 9.59 Å². The number of nitrogens with zero attached hydrogens (tertiary/aromatic N) is 2. The van der Waals surface area contributed by atoms with Crippen LogP contribution >= 0.6 is 0 Å². The molecule has 10 heteroatoms. The van der Waals surface area contributed by atoms with Crippen LogP contribution in [0.25, 0.3) is 0 Å². The van der Waals surface area contributed by atoms with E-state index in [2.05, 4.69) is 55.9 Å². The van der Waals surface area contributed by atoms with Crippen molar-refractivity contribution in [1.82, 2.24) is 10.2 Å². The van der Waals surface area contributed by atoms with Gasteiger partial charge in [-0.2, -0.15) is 0 Å². The lowest BCUT2D eigenvalue weighted by Crippen LogP contribution is -2.65. The number of amidine groups is 1. The van der Waals surface area contributed by atoms with E-state index in [9.17, 15) is 19.2 Å². The normalized spacial score (nSPS) is 33.4. The maximum absolute atomic E-state index is 14.5. The topological polar surface area (TPSA) is 124 Å². The van der Waals surface area contributed by atoms with Crippen molar-refractivity contribution in [2.75, 3.05) is 40.3 Å². The first kappa shape index (κ1) is 46.7. The summed E-state index contributed by atoms with van der Waals surface area (Å²) in [6.45, 7) is 18.1. The fraction of sp³-hybridized carbons (Fsp3) is 0.642. The minimum absolute atomic E-state index is 0.00604. The van der Waals surface area contributed by atoms with Gasteiger partial charge >= 0.3 is 17.9 Å². The standard InChI is InChI=1S/C53H73N3O7/c1-10-54-47(55-31-16-32-56(8)9)63-45(59)38-20-15-14-19-37(38)44(58)62-35-50(5)41-23-26-52(7)42(49(41,4)25-24-43(50)57)22-21-39-40-33-48(2,3)27-29-53(40,30-28-51(39,52)6)46(60)61-34-36-17-12-11-13-18-36/h11-15,17-21,40-42H,10,16,22-35H2,1-9H3,(H,54,55)/t40-,41+,42+,49-,50-,51+,52+,53-/m0/s1. The van der Waals surface area contributed by atoms with Gasteiger partial charge in [0.25, 0.3) is 6.02 Å². The molecular weight excluding hydrogens is 791 g/mol. The van der Waals surface area contributed by atoms with Crippen LogP contribution in [0.4, 0.5) is 0 Å². The highest BCUT2D eigenvalue weighted by atomic mass is 16.6. The Hall–Kier alpha value is -4.31. The molecule has 0 aliphatic heterocycles. The third-order valence-electron chi connectivity index (χ3n) is 17.2. The van der Waals surface area contributed by atoms with E-state index >= 15 is 0 Å². The average Bonchev–Trinajstić information content (AvgIpc) is 3.25. The van der Waals surface area contributed by atoms with E-state index in [1.165, 1.54) is 5.57 Å². The van der Waals surface area contributed by atoms with Crippen LogP contribution in [-0.2, 0) is 30.4 Å². The number of benzene rings is 2. The Morgan fingerprint density at radius 3 is 2.21 bits per heavy atom. The third-order valence-corrected chi connectivity index (χ3v) is 17.2. The van der Waals surface area contributed by atoms with Crippen molar-refractivity contribution in [1.29, 1.82) is 0 Å². The molecule has 2 aromatic rings. The summed E-state index contributed by atoms with van der Waals surface area (Å²) >= 11 is 0. The second-order valence-corrected chi connectivity index (χ2v) is 21.7. The molecule has 5 aliphatic carbocycles. The Morgan fingerprint density at radius 2 is 1.51 bits per heavy atom. The quantitative estimate of drug-likeness (QED) is 0.0555. The van der Waals surface area contributed by atoms with Gasteiger partial charge in [-0.1, -0.05) is 88.7 Å². The highest BCUT2D eigenvalue weighted by Gasteiger charge is 2.70. The van der Waals surface area contributed by atoms with E-state index in [1.807, 2.05) is 58.3 Å². The van der Waals surface area contributed by atoms with Gasteiger partial charge in [0.2, 0.25) is 0 Å². The lowest BCUT2D eigenvalue weighted by molar-refractivity contribution is -0.196. The number of allylic oxidation sites excluding steroid dienone is 2. The van der Waals surface area contributed by atoms with Crippen LogP contribution < -0.4 is 5.32 Å². The summed E-state index contributed by atoms with van der Waals surface area (Å²) in [4.78, 5) is 62.7. The summed E-state index contributed by atoms with van der Waals surface area (Å²) in [5.74, 6) is -0.821. The smallest absolute Gasteiger partial charge is 0.346 e. The number of esters is 3. The molecule has 8 atom stereocenters. The molecule has 63 heavy (non-hydrogen) atoms. The van der Waals surface area contributed by atoms with Crippen molar-refractivity contribution in [2.24, 2.45) is 55.2 Å². The minimum Gasteiger partial charge on any atom is -0.461 e. The molecule has 0 radical (unpaired) electrons. The number of rotatable bonds is 12. The van der Waals surface area contributed by atoms with Gasteiger partial charge in [-0.15, -0.1) is 0 Å². The number of nitrogens with one attached hydrogen (secondary N) is 1. The zero-order chi connectivity index (χ0) is 45.4. The Morgan fingerprint density at radius 1 is 0.825 bits per heavy atom. The van der Waals surface area contributed by atoms with Crippen LogP contribution in [0.15, 0.2) is 71.2 Å². The van der Waals surface area contributed by atoms with Crippen molar-refractivity contribution in [2.45, 2.75) is 126 Å². The molecular formula is C53H73N3O7. The first-order chi connectivity index (χ1) is 29.8. The average molecular weight is 864 g/mol. The first-order valence-electron chi connectivity index (χ1n) is 23.7. The molecule has 2 aromatic carbocycles. The Balaban J connectivity index is 1.10. The molecule has 0 bridgehead atoms. The number of carbonyl (C=O) groups excluding carboxylic acids is 4. The molecule has 0 heterocycles. The van der Waals surface area contributed by atoms with Crippen molar-refractivity contribution in [3.05, 3.63) is 82.9 Å². The molecule has 0 amide bonds. The van der Waals surface area contributed by atoms with Crippen molar-refractivity contribution >= 4 is 29.7 Å². The van der Waals surface area contributed by atoms with E-state index < -0.39 is 22.8 Å². The number of hydrogen-bond acceptors (Lipinski definition) is 9. The van der Waals surface area contributed by atoms with Crippen LogP contribution in [0.3, 0.4) is 0 Å². The van der Waals surface area contributed by atoms with Gasteiger partial charge in [0.1, 0.15) is 19.0 Å². The molecule has 4 saturated carbocycles. The van der Waals surface area contributed by atoms with Crippen LogP contribution in [-0.4, -0.2) is 74.9 Å². The number of hydrogen-bond donors (Lipinski definition) is 1. The predicted molar refractivity (Wildman–Crippen MR) is 246 cm³/mol. The zero-order valence-electron chi connectivity index (χ0n) is 39.6. The molecule has 7 rings (SSSR count). The molecule has 0 spiro atoms. The first-order valence-corrected chi connectivity index (χ1v) is 23.7. The third kappa shape index (κ3) is 8.55. The van der Waals surface area contributed by atoms with Crippen molar-refractivity contribution in [3.8, 4) is 0 Å². The molecule has 4 fully saturated rings. The second-order valence-electron chi connectivity index (χ2n) is 21.7. The Labute approximate surface area is 376 Å². The van der Waals surface area contributed by atoms with Crippen LogP contribution in [0.5, 0.6) is 0 Å². The van der Waals surface area contributed by atoms with Crippen molar-refractivity contribution in [3.63, 3.8) is 0 Å². The Kier molecular flexibility index (Phi) is 13.3. The Bertz CT molecular complexity index is 2110. The molecule has 342 valence electrons. The van der Waals surface area contributed by atoms with Gasteiger partial charge < -0.3 is 24.4 Å². The summed E-state index contributed by atoms with van der Waals surface area (Å²) in [6, 6.07) is 16.6. The SMILES string of the molecule is CCNC(=NCCCN(C)C)OC(=O)c1ccccc1C(=O)OC[C@]1(C)C(=O)CC[C@@]2(C)[C@H]1CC[C@]1(C)[C@@H]2CC=C2[C@@H]3CC(C)(C)CC[C@]3(C(=O)OCc3ccccc3)CC[C@]21C. The summed E-state index contributed by atoms with van der Waals surface area (Å²) in [7, 11) is 3.99. The highest BCUT2D eigenvalue weighted by Crippen LogP contribution is 2.75. The van der Waals surface area contributed by atoms with E-state index in [0.29, 0.717) is 32.0 Å². The lowest BCUT2D eigenvalue weighted by atomic mass is 9.33. The molecule has 1 N–H and O–H groups in total. The minimum atomic E-state index is -0.889. The van der Waals surface area contributed by atoms with E-state index in [1.54, 1.807) is 24.3 Å². The fourth-order valence-corrected chi connectivity index (χ4v) is 13.4.